The van der Waals surface area contributed by atoms with E-state index in [1.165, 1.54) is 5.57 Å². The summed E-state index contributed by atoms with van der Waals surface area (Å²) in [5.74, 6) is 0.490. The van der Waals surface area contributed by atoms with E-state index >= 15 is 0 Å². The molecule has 18 heavy (non-hydrogen) atoms. The smallest absolute Gasteiger partial charge is 0.166 e. The number of carbonyl (C=O) groups is 1. The fraction of sp³-hybridized carbons (Fsp3) is 0.400. The van der Waals surface area contributed by atoms with Crippen molar-refractivity contribution in [2.24, 2.45) is 0 Å². The first-order valence-electron chi connectivity index (χ1n) is 6.37. The molecular weight excluding hydrogens is 224 g/mol. The molecule has 0 saturated carbocycles. The molecule has 1 heterocycles. The van der Waals surface area contributed by atoms with Gasteiger partial charge in [-0.1, -0.05) is 23.8 Å². The number of ketones is 1. The summed E-state index contributed by atoms with van der Waals surface area (Å²) in [5, 5.41) is 0. The molecule has 0 amide bonds. The number of rotatable bonds is 0. The standard InChI is InChI=1S/C15H18N2O/c1-9-6-11-10-4-3-5-12(16)15(10)14(18)7-13(11)17(2)8-9/h3-6,11,13H,7-8,16H2,1-2H3. The molecule has 0 aromatic heterocycles. The first kappa shape index (κ1) is 11.5. The number of nitrogen functional groups attached to an aromatic ring is 1. The van der Waals surface area contributed by atoms with Crippen molar-refractivity contribution >= 4 is 11.5 Å². The Morgan fingerprint density at radius 1 is 1.39 bits per heavy atom. The van der Waals surface area contributed by atoms with Gasteiger partial charge in [0.1, 0.15) is 0 Å². The van der Waals surface area contributed by atoms with Gasteiger partial charge in [0.2, 0.25) is 0 Å². The molecule has 0 fully saturated rings. The minimum absolute atomic E-state index is 0.184. The van der Waals surface area contributed by atoms with Gasteiger partial charge in [0.05, 0.1) is 0 Å². The second-order valence-electron chi connectivity index (χ2n) is 5.46. The lowest BCUT2D eigenvalue weighted by Crippen LogP contribution is -2.44. The molecule has 0 bridgehead atoms. The van der Waals surface area contributed by atoms with Crippen LogP contribution in [0, 0.1) is 0 Å². The van der Waals surface area contributed by atoms with Gasteiger partial charge in [-0.05, 0) is 25.6 Å². The minimum Gasteiger partial charge on any atom is -0.398 e. The Balaban J connectivity index is 2.18. The molecule has 1 aliphatic heterocycles. The van der Waals surface area contributed by atoms with Crippen molar-refractivity contribution in [2.75, 3.05) is 19.3 Å². The molecule has 0 radical (unpaired) electrons. The van der Waals surface area contributed by atoms with E-state index in [9.17, 15) is 4.79 Å². The van der Waals surface area contributed by atoms with Crippen LogP contribution < -0.4 is 5.73 Å². The van der Waals surface area contributed by atoms with E-state index in [1.807, 2.05) is 18.2 Å². The summed E-state index contributed by atoms with van der Waals surface area (Å²) in [6, 6.07) is 6.10. The van der Waals surface area contributed by atoms with Gasteiger partial charge < -0.3 is 5.73 Å². The van der Waals surface area contributed by atoms with Gasteiger partial charge in [0.25, 0.3) is 0 Å². The number of Topliss-reactive ketones (excluding diaryl/α,β-unsaturated/α-hetero) is 1. The zero-order chi connectivity index (χ0) is 12.9. The lowest BCUT2D eigenvalue weighted by Gasteiger charge is -2.41. The lowest BCUT2D eigenvalue weighted by molar-refractivity contribution is 0.0903. The number of likely N-dealkylation sites (N-methyl/N-ethyl adjacent to an activating group) is 1. The summed E-state index contributed by atoms with van der Waals surface area (Å²) in [6.07, 6.45) is 2.88. The first-order chi connectivity index (χ1) is 8.58. The molecule has 3 heteroatoms. The molecule has 1 aromatic carbocycles. The fourth-order valence-corrected chi connectivity index (χ4v) is 3.32. The molecule has 3 nitrogen and oxygen atoms in total. The molecule has 3 rings (SSSR count). The van der Waals surface area contributed by atoms with Crippen LogP contribution in [0.3, 0.4) is 0 Å². The maximum absolute atomic E-state index is 12.3. The SMILES string of the molecule is CC1=CC2c3cccc(N)c3C(=O)CC2N(C)C1. The van der Waals surface area contributed by atoms with Crippen LogP contribution in [0.25, 0.3) is 0 Å². The summed E-state index contributed by atoms with van der Waals surface area (Å²) < 4.78 is 0. The Morgan fingerprint density at radius 3 is 2.94 bits per heavy atom. The maximum atomic E-state index is 12.3. The summed E-state index contributed by atoms with van der Waals surface area (Å²) in [5.41, 5.74) is 9.80. The third kappa shape index (κ3) is 1.58. The number of benzene rings is 1. The van der Waals surface area contributed by atoms with Crippen LogP contribution >= 0.6 is 0 Å². The number of nitrogens with zero attached hydrogens (tertiary/aromatic N) is 1. The predicted molar refractivity (Wildman–Crippen MR) is 72.7 cm³/mol. The molecule has 0 spiro atoms. The normalized spacial score (nSPS) is 27.4. The Hall–Kier alpha value is -1.61. The van der Waals surface area contributed by atoms with Crippen molar-refractivity contribution in [1.29, 1.82) is 0 Å². The van der Waals surface area contributed by atoms with Gasteiger partial charge in [-0.3, -0.25) is 9.69 Å². The van der Waals surface area contributed by atoms with Crippen molar-refractivity contribution in [3.05, 3.63) is 41.0 Å². The second kappa shape index (κ2) is 3.95. The summed E-state index contributed by atoms with van der Waals surface area (Å²) in [4.78, 5) is 14.5. The molecule has 94 valence electrons. The van der Waals surface area contributed by atoms with Gasteiger partial charge in [-0.2, -0.15) is 0 Å². The van der Waals surface area contributed by atoms with Gasteiger partial charge in [0, 0.05) is 36.2 Å². The van der Waals surface area contributed by atoms with Crippen molar-refractivity contribution in [3.8, 4) is 0 Å². The lowest BCUT2D eigenvalue weighted by atomic mass is 9.75. The summed E-state index contributed by atoms with van der Waals surface area (Å²) in [7, 11) is 2.10. The number of nitrogens with two attached hydrogens (primary N) is 1. The quantitative estimate of drug-likeness (QED) is 0.560. The predicted octanol–water partition coefficient (Wildman–Crippen LogP) is 2.20. The van der Waals surface area contributed by atoms with Crippen LogP contribution in [0.15, 0.2) is 29.8 Å². The van der Waals surface area contributed by atoms with E-state index in [0.29, 0.717) is 18.0 Å². The zero-order valence-corrected chi connectivity index (χ0v) is 10.8. The van der Waals surface area contributed by atoms with E-state index in [2.05, 4.69) is 24.9 Å². The van der Waals surface area contributed by atoms with Crippen LogP contribution in [-0.4, -0.2) is 30.3 Å². The Bertz CT molecular complexity index is 547. The topological polar surface area (TPSA) is 46.3 Å². The molecular formula is C15H18N2O. The number of hydrogen-bond donors (Lipinski definition) is 1. The largest absolute Gasteiger partial charge is 0.398 e. The number of hydrogen-bond acceptors (Lipinski definition) is 3. The molecule has 2 aliphatic rings. The van der Waals surface area contributed by atoms with Crippen molar-refractivity contribution in [1.82, 2.24) is 4.90 Å². The van der Waals surface area contributed by atoms with Gasteiger partial charge in [-0.15, -0.1) is 0 Å². The third-order valence-corrected chi connectivity index (χ3v) is 4.10. The van der Waals surface area contributed by atoms with Crippen LogP contribution in [0.4, 0.5) is 5.69 Å². The van der Waals surface area contributed by atoms with E-state index in [0.717, 1.165) is 17.7 Å². The van der Waals surface area contributed by atoms with Gasteiger partial charge in [0.15, 0.2) is 5.78 Å². The highest BCUT2D eigenvalue weighted by Gasteiger charge is 2.37. The van der Waals surface area contributed by atoms with Crippen molar-refractivity contribution in [2.45, 2.75) is 25.3 Å². The highest BCUT2D eigenvalue weighted by molar-refractivity contribution is 6.04. The Morgan fingerprint density at radius 2 is 2.17 bits per heavy atom. The summed E-state index contributed by atoms with van der Waals surface area (Å²) >= 11 is 0. The molecule has 2 unspecified atom stereocenters. The van der Waals surface area contributed by atoms with Gasteiger partial charge in [-0.25, -0.2) is 0 Å². The van der Waals surface area contributed by atoms with E-state index in [4.69, 9.17) is 5.73 Å². The molecule has 2 atom stereocenters. The van der Waals surface area contributed by atoms with Crippen LogP contribution in [0.5, 0.6) is 0 Å². The average Bonchev–Trinajstić information content (AvgIpc) is 2.31. The molecule has 2 N–H and O–H groups in total. The number of fused-ring (bicyclic) bond motifs is 3. The molecule has 0 saturated heterocycles. The monoisotopic (exact) mass is 242 g/mol. The number of carbonyl (C=O) groups excluding carboxylic acids is 1. The highest BCUT2D eigenvalue weighted by atomic mass is 16.1. The Kier molecular flexibility index (Phi) is 2.52. The van der Waals surface area contributed by atoms with Crippen LogP contribution in [0.2, 0.25) is 0 Å². The zero-order valence-electron chi connectivity index (χ0n) is 10.8. The van der Waals surface area contributed by atoms with Crippen LogP contribution in [-0.2, 0) is 0 Å². The highest BCUT2D eigenvalue weighted by Crippen LogP contribution is 2.40. The molecule has 1 aliphatic carbocycles. The maximum Gasteiger partial charge on any atom is 0.166 e. The van der Waals surface area contributed by atoms with Gasteiger partial charge >= 0.3 is 0 Å². The first-order valence-corrected chi connectivity index (χ1v) is 6.37. The number of anilines is 1. The fourth-order valence-electron chi connectivity index (χ4n) is 3.32. The second-order valence-corrected chi connectivity index (χ2v) is 5.46. The molecule has 1 aromatic rings. The summed E-state index contributed by atoms with van der Waals surface area (Å²) in [6.45, 7) is 3.10. The third-order valence-electron chi connectivity index (χ3n) is 4.10. The van der Waals surface area contributed by atoms with E-state index in [-0.39, 0.29) is 11.8 Å². The van der Waals surface area contributed by atoms with Crippen molar-refractivity contribution < 1.29 is 4.79 Å². The van der Waals surface area contributed by atoms with E-state index < -0.39 is 0 Å². The minimum atomic E-state index is 0.184. The average molecular weight is 242 g/mol. The Labute approximate surface area is 107 Å². The van der Waals surface area contributed by atoms with Crippen LogP contribution in [0.1, 0.15) is 35.2 Å². The van der Waals surface area contributed by atoms with Crippen molar-refractivity contribution in [3.63, 3.8) is 0 Å². The van der Waals surface area contributed by atoms with E-state index in [1.54, 1.807) is 0 Å².